The molecule has 0 amide bonds. The van der Waals surface area contributed by atoms with E-state index in [1.165, 1.54) is 11.1 Å². The van der Waals surface area contributed by atoms with Crippen LogP contribution in [0.2, 0.25) is 0 Å². The van der Waals surface area contributed by atoms with Crippen LogP contribution < -0.4 is 5.73 Å². The van der Waals surface area contributed by atoms with Gasteiger partial charge in [-0.2, -0.15) is 0 Å². The molecule has 2 nitrogen and oxygen atoms in total. The van der Waals surface area contributed by atoms with Gasteiger partial charge in [0.1, 0.15) is 4.99 Å². The Labute approximate surface area is 120 Å². The Bertz CT molecular complexity index is 666. The first-order valence-corrected chi connectivity index (χ1v) is 6.83. The van der Waals surface area contributed by atoms with Crippen molar-refractivity contribution in [3.05, 3.63) is 40.6 Å². The van der Waals surface area contributed by atoms with Crippen molar-refractivity contribution in [1.82, 2.24) is 4.98 Å². The number of benzene rings is 1. The summed E-state index contributed by atoms with van der Waals surface area (Å²) in [5.74, 6) is 0. The monoisotopic (exact) mass is 272 g/mol. The first kappa shape index (κ1) is 13.9. The molecule has 0 saturated heterocycles. The van der Waals surface area contributed by atoms with Crippen molar-refractivity contribution in [1.29, 1.82) is 0 Å². The number of rotatable bonds is 1. The van der Waals surface area contributed by atoms with E-state index in [9.17, 15) is 0 Å². The Morgan fingerprint density at radius 1 is 1.11 bits per heavy atom. The van der Waals surface area contributed by atoms with Crippen LogP contribution in [0.1, 0.15) is 43.2 Å². The van der Waals surface area contributed by atoms with Gasteiger partial charge in [0.15, 0.2) is 0 Å². The molecular weight excluding hydrogens is 252 g/mol. The van der Waals surface area contributed by atoms with Crippen LogP contribution in [0.5, 0.6) is 0 Å². The summed E-state index contributed by atoms with van der Waals surface area (Å²) in [7, 11) is 0. The van der Waals surface area contributed by atoms with Crippen LogP contribution in [0.15, 0.2) is 18.2 Å². The molecule has 2 N–H and O–H groups in total. The number of aromatic nitrogens is 1. The van der Waals surface area contributed by atoms with Crippen LogP contribution in [0.4, 0.5) is 0 Å². The highest BCUT2D eigenvalue weighted by molar-refractivity contribution is 7.80. The number of aryl methyl sites for hydroxylation is 2. The highest BCUT2D eigenvalue weighted by Crippen LogP contribution is 2.27. The maximum absolute atomic E-state index is 5.88. The summed E-state index contributed by atoms with van der Waals surface area (Å²) in [6.45, 7) is 10.6. The molecule has 0 aliphatic carbocycles. The molecule has 100 valence electrons. The predicted molar refractivity (Wildman–Crippen MR) is 85.8 cm³/mol. The zero-order valence-electron chi connectivity index (χ0n) is 12.2. The van der Waals surface area contributed by atoms with Crippen molar-refractivity contribution < 1.29 is 0 Å². The van der Waals surface area contributed by atoms with E-state index in [2.05, 4.69) is 46.8 Å². The lowest BCUT2D eigenvalue weighted by Gasteiger charge is -2.20. The molecule has 0 fully saturated rings. The smallest absolute Gasteiger partial charge is 0.104 e. The molecule has 2 rings (SSSR count). The van der Waals surface area contributed by atoms with Crippen molar-refractivity contribution in [2.24, 2.45) is 5.73 Å². The predicted octanol–water partition coefficient (Wildman–Crippen LogP) is 3.78. The SMILES string of the molecule is Cc1cc2nc(C(C)(C)C)cc(C(N)=S)c2cc1C. The number of nitrogens with zero attached hydrogens (tertiary/aromatic N) is 1. The lowest BCUT2D eigenvalue weighted by Crippen LogP contribution is -2.17. The minimum absolute atomic E-state index is 0.0213. The molecule has 1 aromatic heterocycles. The molecule has 0 radical (unpaired) electrons. The van der Waals surface area contributed by atoms with Gasteiger partial charge in [-0.3, -0.25) is 4.98 Å². The fourth-order valence-electron chi connectivity index (χ4n) is 2.07. The lowest BCUT2D eigenvalue weighted by atomic mass is 9.89. The molecule has 0 aliphatic heterocycles. The van der Waals surface area contributed by atoms with Gasteiger partial charge >= 0.3 is 0 Å². The molecule has 1 aromatic carbocycles. The summed E-state index contributed by atoms with van der Waals surface area (Å²) in [5, 5.41) is 1.05. The molecule has 3 heteroatoms. The molecule has 0 spiro atoms. The zero-order chi connectivity index (χ0) is 14.4. The molecule has 1 heterocycles. The van der Waals surface area contributed by atoms with Gasteiger partial charge in [-0.15, -0.1) is 0 Å². The van der Waals surface area contributed by atoms with Crippen molar-refractivity contribution in [3.8, 4) is 0 Å². The van der Waals surface area contributed by atoms with Crippen LogP contribution in [0, 0.1) is 13.8 Å². The third-order valence-corrected chi connectivity index (χ3v) is 3.68. The first-order chi connectivity index (χ1) is 8.70. The fourth-order valence-corrected chi connectivity index (χ4v) is 2.24. The Kier molecular flexibility index (Phi) is 3.35. The van der Waals surface area contributed by atoms with Crippen LogP contribution in [-0.4, -0.2) is 9.97 Å². The number of nitrogens with two attached hydrogens (primary N) is 1. The van der Waals surface area contributed by atoms with Crippen LogP contribution >= 0.6 is 12.2 Å². The second-order valence-corrected chi connectivity index (χ2v) is 6.56. The minimum atomic E-state index is -0.0213. The highest BCUT2D eigenvalue weighted by Gasteiger charge is 2.19. The second kappa shape index (κ2) is 4.57. The Balaban J connectivity index is 2.88. The summed E-state index contributed by atoms with van der Waals surface area (Å²) in [6.07, 6.45) is 0. The van der Waals surface area contributed by atoms with Gasteiger partial charge in [0, 0.05) is 22.1 Å². The second-order valence-electron chi connectivity index (χ2n) is 6.12. The van der Waals surface area contributed by atoms with Crippen molar-refractivity contribution in [3.63, 3.8) is 0 Å². The summed E-state index contributed by atoms with van der Waals surface area (Å²) < 4.78 is 0. The average molecular weight is 272 g/mol. The molecule has 0 bridgehead atoms. The van der Waals surface area contributed by atoms with E-state index in [4.69, 9.17) is 22.9 Å². The molecular formula is C16H20N2S. The maximum Gasteiger partial charge on any atom is 0.104 e. The standard InChI is InChI=1S/C16H20N2S/c1-9-6-11-12(15(17)19)8-14(16(3,4)5)18-13(11)7-10(9)2/h6-8H,1-5H3,(H2,17,19). The summed E-state index contributed by atoms with van der Waals surface area (Å²) >= 11 is 5.20. The van der Waals surface area contributed by atoms with E-state index in [-0.39, 0.29) is 5.41 Å². The van der Waals surface area contributed by atoms with Crippen LogP contribution in [0.25, 0.3) is 10.9 Å². The first-order valence-electron chi connectivity index (χ1n) is 6.42. The summed E-state index contributed by atoms with van der Waals surface area (Å²) in [6, 6.07) is 6.26. The van der Waals surface area contributed by atoms with Gasteiger partial charge in [0.2, 0.25) is 0 Å². The summed E-state index contributed by atoms with van der Waals surface area (Å²) in [4.78, 5) is 5.21. The van der Waals surface area contributed by atoms with E-state index in [1.807, 2.05) is 6.07 Å². The van der Waals surface area contributed by atoms with Crippen molar-refractivity contribution >= 4 is 28.1 Å². The third-order valence-electron chi connectivity index (χ3n) is 3.46. The van der Waals surface area contributed by atoms with E-state index >= 15 is 0 Å². The van der Waals surface area contributed by atoms with Gasteiger partial charge in [0.25, 0.3) is 0 Å². The normalized spacial score (nSPS) is 11.8. The van der Waals surface area contributed by atoms with Crippen molar-refractivity contribution in [2.45, 2.75) is 40.0 Å². The van der Waals surface area contributed by atoms with Gasteiger partial charge in [-0.05, 0) is 43.2 Å². The number of fused-ring (bicyclic) bond motifs is 1. The molecule has 2 aromatic rings. The number of thiocarbonyl (C=S) groups is 1. The summed E-state index contributed by atoms with van der Waals surface area (Å²) in [5.41, 5.74) is 11.2. The lowest BCUT2D eigenvalue weighted by molar-refractivity contribution is 0.571. The number of hydrogen-bond donors (Lipinski definition) is 1. The molecule has 0 unspecified atom stereocenters. The van der Waals surface area contributed by atoms with Crippen LogP contribution in [0.3, 0.4) is 0 Å². The zero-order valence-corrected chi connectivity index (χ0v) is 13.0. The molecule has 0 aliphatic rings. The maximum atomic E-state index is 5.88. The largest absolute Gasteiger partial charge is 0.389 e. The Morgan fingerprint density at radius 3 is 2.21 bits per heavy atom. The fraction of sp³-hybridized carbons (Fsp3) is 0.375. The quantitative estimate of drug-likeness (QED) is 0.803. The van der Waals surface area contributed by atoms with Gasteiger partial charge in [0.05, 0.1) is 5.52 Å². The highest BCUT2D eigenvalue weighted by atomic mass is 32.1. The average Bonchev–Trinajstić information content (AvgIpc) is 2.27. The third kappa shape index (κ3) is 2.61. The Morgan fingerprint density at radius 2 is 1.68 bits per heavy atom. The number of pyridine rings is 1. The van der Waals surface area contributed by atoms with Gasteiger partial charge in [-0.25, -0.2) is 0 Å². The molecule has 0 saturated carbocycles. The van der Waals surface area contributed by atoms with Crippen molar-refractivity contribution in [2.75, 3.05) is 0 Å². The molecule has 19 heavy (non-hydrogen) atoms. The van der Waals surface area contributed by atoms with E-state index < -0.39 is 0 Å². The molecule has 0 atom stereocenters. The van der Waals surface area contributed by atoms with Gasteiger partial charge in [-0.1, -0.05) is 33.0 Å². The van der Waals surface area contributed by atoms with E-state index in [0.29, 0.717) is 4.99 Å². The van der Waals surface area contributed by atoms with Crippen LogP contribution in [-0.2, 0) is 5.41 Å². The topological polar surface area (TPSA) is 38.9 Å². The number of hydrogen-bond acceptors (Lipinski definition) is 2. The Hall–Kier alpha value is -1.48. The van der Waals surface area contributed by atoms with E-state index in [0.717, 1.165) is 22.2 Å². The minimum Gasteiger partial charge on any atom is -0.389 e. The van der Waals surface area contributed by atoms with E-state index in [1.54, 1.807) is 0 Å². The van der Waals surface area contributed by atoms with Gasteiger partial charge < -0.3 is 5.73 Å².